The van der Waals surface area contributed by atoms with Crippen LogP contribution in [0.1, 0.15) is 19.4 Å². The van der Waals surface area contributed by atoms with Crippen molar-refractivity contribution in [2.24, 2.45) is 0 Å². The van der Waals surface area contributed by atoms with E-state index in [1.165, 1.54) is 10.7 Å². The number of halogens is 2. The first-order valence-electron chi connectivity index (χ1n) is 5.44. The van der Waals surface area contributed by atoms with Crippen LogP contribution in [0.4, 0.5) is 0 Å². The summed E-state index contributed by atoms with van der Waals surface area (Å²) >= 11 is 9.52. The van der Waals surface area contributed by atoms with E-state index in [0.717, 1.165) is 0 Å². The number of fused-ring (bicyclic) bond motifs is 1. The van der Waals surface area contributed by atoms with Crippen molar-refractivity contribution in [1.82, 2.24) is 9.61 Å². The third kappa shape index (κ3) is 2.84. The van der Waals surface area contributed by atoms with E-state index in [1.54, 1.807) is 20.0 Å². The Labute approximate surface area is 123 Å². The first-order valence-corrected chi connectivity index (χ1v) is 6.61. The van der Waals surface area contributed by atoms with Gasteiger partial charge in [-0.2, -0.15) is 10.4 Å². The Morgan fingerprint density at radius 1 is 1.63 bits per heavy atom. The molecule has 0 amide bonds. The number of nitriles is 1. The fraction of sp³-hybridized carbons (Fsp3) is 0.333. The molecule has 7 heteroatoms. The van der Waals surface area contributed by atoms with Crippen molar-refractivity contribution < 1.29 is 9.84 Å². The molecule has 0 saturated carbocycles. The SMILES string of the molecule is CC(C)(O)COc1cn2ncc(C#N)c2c(Br)c1Cl. The van der Waals surface area contributed by atoms with Gasteiger partial charge in [0, 0.05) is 0 Å². The van der Waals surface area contributed by atoms with E-state index in [4.69, 9.17) is 21.6 Å². The highest BCUT2D eigenvalue weighted by Gasteiger charge is 2.19. The number of nitrogens with zero attached hydrogens (tertiary/aromatic N) is 3. The summed E-state index contributed by atoms with van der Waals surface area (Å²) in [4.78, 5) is 0. The van der Waals surface area contributed by atoms with Crippen LogP contribution < -0.4 is 4.74 Å². The van der Waals surface area contributed by atoms with Crippen LogP contribution in [-0.2, 0) is 0 Å². The number of hydrogen-bond acceptors (Lipinski definition) is 4. The summed E-state index contributed by atoms with van der Waals surface area (Å²) in [6, 6.07) is 2.04. The summed E-state index contributed by atoms with van der Waals surface area (Å²) in [6.07, 6.45) is 3.03. The Morgan fingerprint density at radius 3 is 2.89 bits per heavy atom. The van der Waals surface area contributed by atoms with Gasteiger partial charge in [0.1, 0.15) is 17.7 Å². The molecule has 0 fully saturated rings. The number of ether oxygens (including phenoxy) is 1. The van der Waals surface area contributed by atoms with E-state index in [1.807, 2.05) is 6.07 Å². The first kappa shape index (κ1) is 14.1. The Kier molecular flexibility index (Phi) is 3.72. The van der Waals surface area contributed by atoms with Crippen LogP contribution in [0.25, 0.3) is 5.52 Å². The van der Waals surface area contributed by atoms with Crippen molar-refractivity contribution in [3.05, 3.63) is 27.5 Å². The molecule has 2 aromatic heterocycles. The predicted molar refractivity (Wildman–Crippen MR) is 74.4 cm³/mol. The second-order valence-corrected chi connectivity index (χ2v) is 5.86. The van der Waals surface area contributed by atoms with Crippen molar-refractivity contribution in [2.75, 3.05) is 6.61 Å². The van der Waals surface area contributed by atoms with E-state index in [0.29, 0.717) is 26.3 Å². The van der Waals surface area contributed by atoms with Gasteiger partial charge in [0.05, 0.1) is 33.5 Å². The molecule has 0 spiro atoms. The molecular formula is C12H11BrClN3O2. The molecule has 2 heterocycles. The van der Waals surface area contributed by atoms with Gasteiger partial charge in [0.15, 0.2) is 5.75 Å². The molecule has 0 bridgehead atoms. The maximum Gasteiger partial charge on any atom is 0.157 e. The zero-order valence-corrected chi connectivity index (χ0v) is 12.7. The molecule has 100 valence electrons. The van der Waals surface area contributed by atoms with Crippen LogP contribution in [-0.4, -0.2) is 26.9 Å². The largest absolute Gasteiger partial charge is 0.487 e. The van der Waals surface area contributed by atoms with Gasteiger partial charge in [0.25, 0.3) is 0 Å². The van der Waals surface area contributed by atoms with E-state index >= 15 is 0 Å². The Balaban J connectivity index is 2.48. The molecule has 0 radical (unpaired) electrons. The molecule has 0 aliphatic heterocycles. The van der Waals surface area contributed by atoms with Gasteiger partial charge >= 0.3 is 0 Å². The highest BCUT2D eigenvalue weighted by atomic mass is 79.9. The zero-order chi connectivity index (χ0) is 14.2. The number of aliphatic hydroxyl groups is 1. The topological polar surface area (TPSA) is 70.6 Å². The van der Waals surface area contributed by atoms with Gasteiger partial charge in [-0.05, 0) is 29.8 Å². The van der Waals surface area contributed by atoms with Crippen molar-refractivity contribution in [2.45, 2.75) is 19.4 Å². The van der Waals surface area contributed by atoms with Crippen molar-refractivity contribution in [1.29, 1.82) is 5.26 Å². The van der Waals surface area contributed by atoms with Crippen LogP contribution >= 0.6 is 27.5 Å². The van der Waals surface area contributed by atoms with Crippen LogP contribution in [0, 0.1) is 11.3 Å². The molecule has 19 heavy (non-hydrogen) atoms. The summed E-state index contributed by atoms with van der Waals surface area (Å²) < 4.78 is 7.52. The maximum atomic E-state index is 9.65. The predicted octanol–water partition coefficient (Wildman–Crippen LogP) is 2.77. The van der Waals surface area contributed by atoms with Gasteiger partial charge in [-0.3, -0.25) is 0 Å². The quantitative estimate of drug-likeness (QED) is 0.929. The summed E-state index contributed by atoms with van der Waals surface area (Å²) in [5.74, 6) is 0.385. The summed E-state index contributed by atoms with van der Waals surface area (Å²) in [7, 11) is 0. The molecule has 5 nitrogen and oxygen atoms in total. The molecule has 2 rings (SSSR count). The molecule has 2 aromatic rings. The van der Waals surface area contributed by atoms with Gasteiger partial charge < -0.3 is 9.84 Å². The summed E-state index contributed by atoms with van der Waals surface area (Å²) in [5, 5.41) is 23.0. The monoisotopic (exact) mass is 343 g/mol. The number of hydrogen-bond donors (Lipinski definition) is 1. The van der Waals surface area contributed by atoms with Crippen LogP contribution in [0.2, 0.25) is 5.02 Å². The van der Waals surface area contributed by atoms with Crippen LogP contribution in [0.15, 0.2) is 16.9 Å². The fourth-order valence-electron chi connectivity index (χ4n) is 1.50. The molecule has 0 unspecified atom stereocenters. The summed E-state index contributed by atoms with van der Waals surface area (Å²) in [6.45, 7) is 3.36. The second kappa shape index (κ2) is 5.00. The van der Waals surface area contributed by atoms with E-state index in [2.05, 4.69) is 21.0 Å². The van der Waals surface area contributed by atoms with Gasteiger partial charge in [-0.15, -0.1) is 0 Å². The van der Waals surface area contributed by atoms with E-state index in [-0.39, 0.29) is 6.61 Å². The zero-order valence-electron chi connectivity index (χ0n) is 10.3. The molecule has 1 N–H and O–H groups in total. The Morgan fingerprint density at radius 2 is 2.32 bits per heavy atom. The molecule has 0 aliphatic rings. The fourth-order valence-corrected chi connectivity index (χ4v) is 2.28. The lowest BCUT2D eigenvalue weighted by atomic mass is 10.2. The minimum absolute atomic E-state index is 0.0943. The van der Waals surface area contributed by atoms with Gasteiger partial charge in [0.2, 0.25) is 0 Å². The van der Waals surface area contributed by atoms with Crippen LogP contribution in [0.3, 0.4) is 0 Å². The normalized spacial score (nSPS) is 11.6. The number of pyridine rings is 1. The number of rotatable bonds is 3. The third-order valence-electron chi connectivity index (χ3n) is 2.35. The highest BCUT2D eigenvalue weighted by Crippen LogP contribution is 2.36. The Bertz CT molecular complexity index is 670. The lowest BCUT2D eigenvalue weighted by Crippen LogP contribution is -2.28. The van der Waals surface area contributed by atoms with Crippen molar-refractivity contribution in [3.8, 4) is 11.8 Å². The summed E-state index contributed by atoms with van der Waals surface area (Å²) in [5.41, 5.74) is 0.0399. The van der Waals surface area contributed by atoms with Crippen molar-refractivity contribution in [3.63, 3.8) is 0 Å². The maximum absolute atomic E-state index is 9.65. The van der Waals surface area contributed by atoms with E-state index < -0.39 is 5.60 Å². The minimum atomic E-state index is -0.966. The van der Waals surface area contributed by atoms with Crippen molar-refractivity contribution >= 4 is 33.0 Å². The average molecular weight is 345 g/mol. The molecule has 0 atom stereocenters. The Hall–Kier alpha value is -1.29. The second-order valence-electron chi connectivity index (χ2n) is 4.69. The highest BCUT2D eigenvalue weighted by molar-refractivity contribution is 9.10. The molecular weight excluding hydrogens is 334 g/mol. The van der Waals surface area contributed by atoms with Gasteiger partial charge in [-0.25, -0.2) is 4.52 Å². The number of aromatic nitrogens is 2. The third-order valence-corrected chi connectivity index (χ3v) is 3.73. The molecule has 0 saturated heterocycles. The average Bonchev–Trinajstić information content (AvgIpc) is 2.73. The first-order chi connectivity index (χ1) is 8.83. The smallest absolute Gasteiger partial charge is 0.157 e. The van der Waals surface area contributed by atoms with Crippen LogP contribution in [0.5, 0.6) is 5.75 Å². The molecule has 0 aromatic carbocycles. The van der Waals surface area contributed by atoms with Gasteiger partial charge in [-0.1, -0.05) is 11.6 Å². The lowest BCUT2D eigenvalue weighted by Gasteiger charge is -2.18. The van der Waals surface area contributed by atoms with E-state index in [9.17, 15) is 5.11 Å². The standard InChI is InChI=1S/C12H11BrClN3O2/c1-12(2,18)6-19-8-5-17-11(9(13)10(8)14)7(3-15)4-16-17/h4-5,18H,6H2,1-2H3. The molecule has 0 aliphatic carbocycles. The lowest BCUT2D eigenvalue weighted by molar-refractivity contribution is 0.0283. The minimum Gasteiger partial charge on any atom is -0.487 e.